The molecular formula is C12H16N2O4. The van der Waals surface area contributed by atoms with Crippen molar-refractivity contribution >= 4 is 11.9 Å². The van der Waals surface area contributed by atoms with E-state index in [1.54, 1.807) is 6.07 Å². The van der Waals surface area contributed by atoms with Gasteiger partial charge in [-0.2, -0.15) is 0 Å². The molecular weight excluding hydrogens is 236 g/mol. The second kappa shape index (κ2) is 5.20. The predicted octanol–water partition coefficient (Wildman–Crippen LogP) is 1.12. The smallest absolute Gasteiger partial charge is 0.329 e. The number of carboxylic acid groups (broad SMARTS) is 1. The minimum Gasteiger partial charge on any atom is -0.480 e. The number of aliphatic carboxylic acids is 1. The largest absolute Gasteiger partial charge is 0.480 e. The van der Waals surface area contributed by atoms with Crippen molar-refractivity contribution in [3.05, 3.63) is 18.0 Å². The summed E-state index contributed by atoms with van der Waals surface area (Å²) in [5.41, 5.74) is -0.595. The molecule has 0 spiro atoms. The van der Waals surface area contributed by atoms with Crippen molar-refractivity contribution in [1.29, 1.82) is 0 Å². The highest BCUT2D eigenvalue weighted by molar-refractivity contribution is 5.87. The number of amides is 1. The van der Waals surface area contributed by atoms with Crippen molar-refractivity contribution in [2.75, 3.05) is 0 Å². The third kappa shape index (κ3) is 2.69. The Bertz CT molecular complexity index is 421. The number of carbonyl (C=O) groups excluding carboxylic acids is 1. The Balaban J connectivity index is 2.00. The lowest BCUT2D eigenvalue weighted by Gasteiger charge is -2.33. The van der Waals surface area contributed by atoms with Crippen LogP contribution >= 0.6 is 0 Å². The minimum atomic E-state index is -1.10. The lowest BCUT2D eigenvalue weighted by Crippen LogP contribution is -2.56. The lowest BCUT2D eigenvalue weighted by molar-refractivity contribution is -0.149. The molecule has 2 rings (SSSR count). The molecule has 0 bridgehead atoms. The number of hydrogen-bond acceptors (Lipinski definition) is 4. The first-order chi connectivity index (χ1) is 8.62. The molecule has 18 heavy (non-hydrogen) atoms. The minimum absolute atomic E-state index is 0.0472. The molecule has 0 aromatic carbocycles. The first kappa shape index (κ1) is 12.6. The summed E-state index contributed by atoms with van der Waals surface area (Å²) in [6.07, 6.45) is 5.10. The maximum atomic E-state index is 11.8. The highest BCUT2D eigenvalue weighted by atomic mass is 16.5. The van der Waals surface area contributed by atoms with E-state index in [2.05, 4.69) is 15.0 Å². The molecule has 1 fully saturated rings. The van der Waals surface area contributed by atoms with Crippen molar-refractivity contribution in [2.24, 2.45) is 0 Å². The van der Waals surface area contributed by atoms with Crippen molar-refractivity contribution in [2.45, 2.75) is 44.1 Å². The third-order valence-corrected chi connectivity index (χ3v) is 3.33. The predicted molar refractivity (Wildman–Crippen MR) is 61.8 cm³/mol. The van der Waals surface area contributed by atoms with Crippen LogP contribution in [-0.4, -0.2) is 27.7 Å². The van der Waals surface area contributed by atoms with Gasteiger partial charge in [0.25, 0.3) is 0 Å². The standard InChI is InChI=1S/C12H16N2O4/c15-10(8-9-4-7-18-14-9)13-12(11(16)17)5-2-1-3-6-12/h4,7H,1-3,5-6,8H2,(H,13,15)(H,16,17). The van der Waals surface area contributed by atoms with Crippen LogP contribution in [0.3, 0.4) is 0 Å². The fraction of sp³-hybridized carbons (Fsp3) is 0.583. The van der Waals surface area contributed by atoms with Crippen molar-refractivity contribution in [1.82, 2.24) is 10.5 Å². The van der Waals surface area contributed by atoms with E-state index in [4.69, 9.17) is 0 Å². The zero-order chi connectivity index (χ0) is 13.0. The molecule has 0 unspecified atom stereocenters. The molecule has 1 aromatic rings. The normalized spacial score (nSPS) is 18.2. The van der Waals surface area contributed by atoms with Crippen LogP contribution < -0.4 is 5.32 Å². The molecule has 6 heteroatoms. The number of aromatic nitrogens is 1. The highest BCUT2D eigenvalue weighted by Gasteiger charge is 2.40. The summed E-state index contributed by atoms with van der Waals surface area (Å²) in [7, 11) is 0. The molecule has 1 amide bonds. The van der Waals surface area contributed by atoms with Gasteiger partial charge < -0.3 is 14.9 Å². The Morgan fingerprint density at radius 1 is 1.39 bits per heavy atom. The number of nitrogens with one attached hydrogen (secondary N) is 1. The molecule has 0 aliphatic heterocycles. The molecule has 0 radical (unpaired) electrons. The monoisotopic (exact) mass is 252 g/mol. The number of hydrogen-bond donors (Lipinski definition) is 2. The molecule has 1 aromatic heterocycles. The molecule has 0 atom stereocenters. The fourth-order valence-corrected chi connectivity index (χ4v) is 2.35. The summed E-state index contributed by atoms with van der Waals surface area (Å²) in [5, 5.41) is 15.6. The van der Waals surface area contributed by atoms with Crippen LogP contribution in [0, 0.1) is 0 Å². The van der Waals surface area contributed by atoms with Crippen LogP contribution in [0.2, 0.25) is 0 Å². The van der Waals surface area contributed by atoms with Crippen LogP contribution in [-0.2, 0) is 16.0 Å². The summed E-state index contributed by atoms with van der Waals surface area (Å²) in [6.45, 7) is 0. The summed E-state index contributed by atoms with van der Waals surface area (Å²) in [4.78, 5) is 23.2. The van der Waals surface area contributed by atoms with E-state index < -0.39 is 11.5 Å². The highest BCUT2D eigenvalue weighted by Crippen LogP contribution is 2.28. The van der Waals surface area contributed by atoms with E-state index in [1.165, 1.54) is 6.26 Å². The van der Waals surface area contributed by atoms with Crippen LogP contribution in [0.5, 0.6) is 0 Å². The first-order valence-electron chi connectivity index (χ1n) is 6.06. The van der Waals surface area contributed by atoms with E-state index in [9.17, 15) is 14.7 Å². The summed E-state index contributed by atoms with van der Waals surface area (Å²) >= 11 is 0. The van der Waals surface area contributed by atoms with E-state index in [1.807, 2.05) is 0 Å². The summed E-state index contributed by atoms with van der Waals surface area (Å²) in [6, 6.07) is 1.59. The van der Waals surface area contributed by atoms with Crippen molar-refractivity contribution in [3.63, 3.8) is 0 Å². The Morgan fingerprint density at radius 2 is 2.11 bits per heavy atom. The van der Waals surface area contributed by atoms with Gasteiger partial charge in [0.1, 0.15) is 11.8 Å². The molecule has 1 aliphatic rings. The average Bonchev–Trinajstić information content (AvgIpc) is 2.82. The van der Waals surface area contributed by atoms with Crippen molar-refractivity contribution in [3.8, 4) is 0 Å². The molecule has 1 heterocycles. The second-order valence-electron chi connectivity index (χ2n) is 4.66. The van der Waals surface area contributed by atoms with E-state index in [-0.39, 0.29) is 12.3 Å². The zero-order valence-electron chi connectivity index (χ0n) is 10.0. The van der Waals surface area contributed by atoms with Gasteiger partial charge in [0, 0.05) is 6.07 Å². The SMILES string of the molecule is O=C(Cc1ccon1)NC1(C(=O)O)CCCCC1. The van der Waals surface area contributed by atoms with Gasteiger partial charge >= 0.3 is 5.97 Å². The van der Waals surface area contributed by atoms with Crippen LogP contribution in [0.15, 0.2) is 16.9 Å². The molecule has 98 valence electrons. The number of carboxylic acids is 1. The fourth-order valence-electron chi connectivity index (χ4n) is 2.35. The molecule has 1 aliphatic carbocycles. The third-order valence-electron chi connectivity index (χ3n) is 3.33. The van der Waals surface area contributed by atoms with Gasteiger partial charge in [0.05, 0.1) is 12.1 Å². The summed E-state index contributed by atoms with van der Waals surface area (Å²) < 4.78 is 4.63. The Hall–Kier alpha value is -1.85. The van der Waals surface area contributed by atoms with Gasteiger partial charge in [-0.25, -0.2) is 4.79 Å². The van der Waals surface area contributed by atoms with Gasteiger partial charge in [-0.15, -0.1) is 0 Å². The van der Waals surface area contributed by atoms with E-state index >= 15 is 0 Å². The maximum absolute atomic E-state index is 11.8. The maximum Gasteiger partial charge on any atom is 0.329 e. The van der Waals surface area contributed by atoms with Gasteiger partial charge in [-0.3, -0.25) is 4.79 Å². The number of nitrogens with zero attached hydrogens (tertiary/aromatic N) is 1. The van der Waals surface area contributed by atoms with E-state index in [0.717, 1.165) is 19.3 Å². The molecule has 6 nitrogen and oxygen atoms in total. The van der Waals surface area contributed by atoms with Crippen LogP contribution in [0.4, 0.5) is 0 Å². The summed E-state index contributed by atoms with van der Waals surface area (Å²) in [5.74, 6) is -1.27. The zero-order valence-corrected chi connectivity index (χ0v) is 10.0. The van der Waals surface area contributed by atoms with Crippen LogP contribution in [0.25, 0.3) is 0 Å². The van der Waals surface area contributed by atoms with Crippen LogP contribution in [0.1, 0.15) is 37.8 Å². The van der Waals surface area contributed by atoms with Crippen molar-refractivity contribution < 1.29 is 19.2 Å². The first-order valence-corrected chi connectivity index (χ1v) is 6.06. The molecule has 0 saturated heterocycles. The van der Waals surface area contributed by atoms with Gasteiger partial charge in [0.2, 0.25) is 5.91 Å². The van der Waals surface area contributed by atoms with Gasteiger partial charge in [0.15, 0.2) is 0 Å². The molecule has 2 N–H and O–H groups in total. The van der Waals surface area contributed by atoms with Gasteiger partial charge in [-0.1, -0.05) is 24.4 Å². The average molecular weight is 252 g/mol. The van der Waals surface area contributed by atoms with E-state index in [0.29, 0.717) is 18.5 Å². The van der Waals surface area contributed by atoms with Gasteiger partial charge in [-0.05, 0) is 12.8 Å². The topological polar surface area (TPSA) is 92.4 Å². The second-order valence-corrected chi connectivity index (χ2v) is 4.66. The Labute approximate surface area is 104 Å². The lowest BCUT2D eigenvalue weighted by atomic mass is 9.81. The number of rotatable bonds is 4. The Morgan fingerprint density at radius 3 is 2.67 bits per heavy atom. The number of carbonyl (C=O) groups is 2. The quantitative estimate of drug-likeness (QED) is 0.837. The molecule has 1 saturated carbocycles. The Kier molecular flexibility index (Phi) is 3.64.